The predicted octanol–water partition coefficient (Wildman–Crippen LogP) is 2.18. The Morgan fingerprint density at radius 2 is 1.78 bits per heavy atom. The summed E-state index contributed by atoms with van der Waals surface area (Å²) in [5.74, 6) is 1.32. The van der Waals surface area contributed by atoms with E-state index >= 15 is 0 Å². The van der Waals surface area contributed by atoms with Gasteiger partial charge in [0.05, 0.1) is 26.4 Å². The third-order valence-corrected chi connectivity index (χ3v) is 3.41. The van der Waals surface area contributed by atoms with Crippen LogP contribution in [0.4, 0.5) is 0 Å². The molecule has 0 unspecified atom stereocenters. The van der Waals surface area contributed by atoms with Gasteiger partial charge in [0.1, 0.15) is 5.75 Å². The minimum Gasteiger partial charge on any atom is -0.497 e. The summed E-state index contributed by atoms with van der Waals surface area (Å²) < 4.78 is 15.9. The maximum absolute atomic E-state index is 10.2. The number of ether oxygens (including phenoxy) is 3. The Morgan fingerprint density at radius 3 is 2.35 bits per heavy atom. The van der Waals surface area contributed by atoms with Gasteiger partial charge >= 0.3 is 0 Å². The van der Waals surface area contributed by atoms with Crippen molar-refractivity contribution in [2.75, 3.05) is 47.1 Å². The summed E-state index contributed by atoms with van der Waals surface area (Å²) in [7, 11) is 3.35. The van der Waals surface area contributed by atoms with Gasteiger partial charge in [0, 0.05) is 33.4 Å². The van der Waals surface area contributed by atoms with Crippen LogP contribution in [0.25, 0.3) is 0 Å². The van der Waals surface area contributed by atoms with Crippen LogP contribution < -0.4 is 4.74 Å². The molecule has 0 aliphatic heterocycles. The molecule has 0 heterocycles. The van der Waals surface area contributed by atoms with Crippen molar-refractivity contribution >= 4 is 0 Å². The summed E-state index contributed by atoms with van der Waals surface area (Å²) in [5.41, 5.74) is 1.18. The molecule has 0 saturated carbocycles. The van der Waals surface area contributed by atoms with Crippen molar-refractivity contribution in [3.63, 3.8) is 0 Å². The molecule has 1 N–H and O–H groups in total. The molecule has 0 aliphatic carbocycles. The second-order valence-electron chi connectivity index (χ2n) is 6.16. The lowest BCUT2D eigenvalue weighted by Crippen LogP contribution is -2.36. The van der Waals surface area contributed by atoms with Crippen LogP contribution in [0.5, 0.6) is 5.75 Å². The quantitative estimate of drug-likeness (QED) is 0.638. The second-order valence-corrected chi connectivity index (χ2v) is 6.16. The molecule has 0 spiro atoms. The Bertz CT molecular complexity index is 408. The minimum atomic E-state index is -0.496. The minimum absolute atomic E-state index is 0.365. The van der Waals surface area contributed by atoms with E-state index in [1.165, 1.54) is 5.56 Å². The fourth-order valence-electron chi connectivity index (χ4n) is 2.23. The average molecular weight is 325 g/mol. The van der Waals surface area contributed by atoms with Crippen LogP contribution >= 0.6 is 0 Å². The second kappa shape index (κ2) is 11.4. The van der Waals surface area contributed by atoms with Crippen LogP contribution in [0.1, 0.15) is 19.4 Å². The molecule has 0 bridgehead atoms. The van der Waals surface area contributed by atoms with E-state index in [4.69, 9.17) is 14.2 Å². The molecule has 1 aromatic rings. The van der Waals surface area contributed by atoms with E-state index in [0.29, 0.717) is 32.3 Å². The van der Waals surface area contributed by atoms with Crippen molar-refractivity contribution < 1.29 is 19.3 Å². The van der Waals surface area contributed by atoms with Crippen molar-refractivity contribution in [1.29, 1.82) is 0 Å². The number of benzene rings is 1. The molecule has 0 saturated heterocycles. The molecule has 1 aromatic carbocycles. The van der Waals surface area contributed by atoms with Crippen LogP contribution in [0.3, 0.4) is 0 Å². The zero-order valence-electron chi connectivity index (χ0n) is 14.8. The summed E-state index contributed by atoms with van der Waals surface area (Å²) in [4.78, 5) is 2.18. The molecule has 1 atom stereocenters. The molecule has 0 aliphatic rings. The van der Waals surface area contributed by atoms with Crippen molar-refractivity contribution in [1.82, 2.24) is 4.90 Å². The first kappa shape index (κ1) is 19.9. The van der Waals surface area contributed by atoms with Crippen molar-refractivity contribution in [2.45, 2.75) is 26.5 Å². The average Bonchev–Trinajstić information content (AvgIpc) is 2.53. The van der Waals surface area contributed by atoms with Gasteiger partial charge in [-0.05, 0) is 23.6 Å². The van der Waals surface area contributed by atoms with E-state index in [1.54, 1.807) is 14.2 Å². The van der Waals surface area contributed by atoms with Gasteiger partial charge in [-0.15, -0.1) is 0 Å². The Morgan fingerprint density at radius 1 is 1.09 bits per heavy atom. The van der Waals surface area contributed by atoms with E-state index in [2.05, 4.69) is 18.7 Å². The van der Waals surface area contributed by atoms with Crippen LogP contribution in [0, 0.1) is 5.92 Å². The Balaban J connectivity index is 2.49. The third-order valence-electron chi connectivity index (χ3n) is 3.41. The summed E-state index contributed by atoms with van der Waals surface area (Å²) in [5, 5.41) is 10.2. The Labute approximate surface area is 140 Å². The van der Waals surface area contributed by atoms with Gasteiger partial charge in [0.25, 0.3) is 0 Å². The highest BCUT2D eigenvalue weighted by Gasteiger charge is 2.13. The monoisotopic (exact) mass is 325 g/mol. The summed E-state index contributed by atoms with van der Waals surface area (Å²) in [6.45, 7) is 7.96. The third kappa shape index (κ3) is 8.91. The Hall–Kier alpha value is -1.14. The summed E-state index contributed by atoms with van der Waals surface area (Å²) >= 11 is 0. The number of rotatable bonds is 12. The number of aliphatic hydroxyl groups excluding tert-OH is 1. The van der Waals surface area contributed by atoms with Gasteiger partial charge in [0.15, 0.2) is 0 Å². The molecule has 5 heteroatoms. The van der Waals surface area contributed by atoms with Crippen LogP contribution in [-0.2, 0) is 16.0 Å². The molecule has 5 nitrogen and oxygen atoms in total. The molecule has 0 radical (unpaired) electrons. The first-order valence-electron chi connectivity index (χ1n) is 8.15. The maximum Gasteiger partial charge on any atom is 0.118 e. The van der Waals surface area contributed by atoms with Crippen molar-refractivity contribution in [3.05, 3.63) is 29.8 Å². The SMILES string of the molecule is COCCN(Cc1ccc(OC)cc1)C[C@H](O)COCC(C)C. The molecular weight excluding hydrogens is 294 g/mol. The molecule has 1 rings (SSSR count). The fourth-order valence-corrected chi connectivity index (χ4v) is 2.23. The normalized spacial score (nSPS) is 12.8. The lowest BCUT2D eigenvalue weighted by Gasteiger charge is -2.25. The van der Waals surface area contributed by atoms with E-state index in [1.807, 2.05) is 24.3 Å². The zero-order chi connectivity index (χ0) is 17.1. The number of methoxy groups -OCH3 is 2. The molecule has 0 fully saturated rings. The van der Waals surface area contributed by atoms with Crippen molar-refractivity contribution in [2.24, 2.45) is 5.92 Å². The maximum atomic E-state index is 10.2. The summed E-state index contributed by atoms with van der Waals surface area (Å²) in [6.07, 6.45) is -0.496. The summed E-state index contributed by atoms with van der Waals surface area (Å²) in [6, 6.07) is 7.98. The predicted molar refractivity (Wildman–Crippen MR) is 91.8 cm³/mol. The number of nitrogens with zero attached hydrogens (tertiary/aromatic N) is 1. The van der Waals surface area contributed by atoms with E-state index in [0.717, 1.165) is 18.8 Å². The van der Waals surface area contributed by atoms with Gasteiger partial charge in [0.2, 0.25) is 0 Å². The van der Waals surface area contributed by atoms with Gasteiger partial charge in [-0.1, -0.05) is 26.0 Å². The molecule has 23 heavy (non-hydrogen) atoms. The van der Waals surface area contributed by atoms with E-state index in [-0.39, 0.29) is 0 Å². The lowest BCUT2D eigenvalue weighted by molar-refractivity contribution is 0.00336. The fraction of sp³-hybridized carbons (Fsp3) is 0.667. The largest absolute Gasteiger partial charge is 0.497 e. The standard InChI is InChI=1S/C18H31NO4/c1-15(2)13-23-14-17(20)12-19(9-10-21-3)11-16-5-7-18(22-4)8-6-16/h5-8,15,17,20H,9-14H2,1-4H3/t17-/m0/s1. The van der Waals surface area contributed by atoms with Crippen LogP contribution in [0.2, 0.25) is 0 Å². The lowest BCUT2D eigenvalue weighted by atomic mass is 10.2. The van der Waals surface area contributed by atoms with E-state index < -0.39 is 6.10 Å². The van der Waals surface area contributed by atoms with Gasteiger partial charge < -0.3 is 19.3 Å². The molecule has 0 aromatic heterocycles. The first-order chi connectivity index (χ1) is 11.0. The topological polar surface area (TPSA) is 51.2 Å². The highest BCUT2D eigenvalue weighted by atomic mass is 16.5. The molecular formula is C18H31NO4. The number of aliphatic hydroxyl groups is 1. The van der Waals surface area contributed by atoms with Crippen molar-refractivity contribution in [3.8, 4) is 5.75 Å². The Kier molecular flexibility index (Phi) is 9.87. The highest BCUT2D eigenvalue weighted by molar-refractivity contribution is 5.27. The highest BCUT2D eigenvalue weighted by Crippen LogP contribution is 2.13. The molecule has 0 amide bonds. The van der Waals surface area contributed by atoms with Gasteiger partial charge in [-0.2, -0.15) is 0 Å². The smallest absolute Gasteiger partial charge is 0.118 e. The number of hydrogen-bond donors (Lipinski definition) is 1. The van der Waals surface area contributed by atoms with Crippen LogP contribution in [-0.4, -0.2) is 63.2 Å². The zero-order valence-corrected chi connectivity index (χ0v) is 14.8. The van der Waals surface area contributed by atoms with Gasteiger partial charge in [-0.3, -0.25) is 4.90 Å². The number of hydrogen-bond acceptors (Lipinski definition) is 5. The first-order valence-corrected chi connectivity index (χ1v) is 8.15. The van der Waals surface area contributed by atoms with Crippen LogP contribution in [0.15, 0.2) is 24.3 Å². The molecule has 132 valence electrons. The van der Waals surface area contributed by atoms with Gasteiger partial charge in [-0.25, -0.2) is 0 Å². The van der Waals surface area contributed by atoms with E-state index in [9.17, 15) is 5.11 Å².